The van der Waals surface area contributed by atoms with Gasteiger partial charge < -0.3 is 10.4 Å². The van der Waals surface area contributed by atoms with E-state index in [4.69, 9.17) is 5.11 Å². The number of imide groups is 1. The van der Waals surface area contributed by atoms with E-state index in [1.54, 1.807) is 0 Å². The Hall–Kier alpha value is -1.63. The second-order valence-electron chi connectivity index (χ2n) is 5.31. The summed E-state index contributed by atoms with van der Waals surface area (Å²) in [5.74, 6) is -0.745. The van der Waals surface area contributed by atoms with Crippen molar-refractivity contribution in [2.45, 2.75) is 20.3 Å². The Kier molecular flexibility index (Phi) is 5.75. The van der Waals surface area contributed by atoms with Gasteiger partial charge in [-0.2, -0.15) is 0 Å². The van der Waals surface area contributed by atoms with E-state index in [9.17, 15) is 14.4 Å². The number of hydrogen-bond donors (Lipinski definition) is 3. The molecule has 19 heavy (non-hydrogen) atoms. The van der Waals surface area contributed by atoms with E-state index in [1.165, 1.54) is 0 Å². The normalized spacial score (nSPS) is 15.9. The first-order chi connectivity index (χ1) is 8.86. The summed E-state index contributed by atoms with van der Waals surface area (Å²) < 4.78 is 0. The maximum Gasteiger partial charge on any atom is 0.321 e. The van der Waals surface area contributed by atoms with Crippen LogP contribution in [0.15, 0.2) is 0 Å². The van der Waals surface area contributed by atoms with Crippen LogP contribution in [0.2, 0.25) is 0 Å². The van der Waals surface area contributed by atoms with Crippen LogP contribution in [0.1, 0.15) is 20.3 Å². The van der Waals surface area contributed by atoms with Gasteiger partial charge in [0.25, 0.3) is 0 Å². The SMILES string of the molecule is CC(C)CNC(=O)NC(=O)CN1CC(CC(=O)O)C1. The summed E-state index contributed by atoms with van der Waals surface area (Å²) in [6.45, 7) is 5.75. The third-order valence-corrected chi connectivity index (χ3v) is 2.79. The van der Waals surface area contributed by atoms with Gasteiger partial charge in [0.1, 0.15) is 0 Å². The Morgan fingerprint density at radius 1 is 1.32 bits per heavy atom. The number of carboxylic acids is 1. The van der Waals surface area contributed by atoms with Crippen LogP contribution in [0.5, 0.6) is 0 Å². The number of urea groups is 1. The first kappa shape index (κ1) is 15.4. The van der Waals surface area contributed by atoms with Crippen molar-refractivity contribution in [2.24, 2.45) is 11.8 Å². The van der Waals surface area contributed by atoms with E-state index >= 15 is 0 Å². The van der Waals surface area contributed by atoms with Crippen molar-refractivity contribution < 1.29 is 19.5 Å². The van der Waals surface area contributed by atoms with Crippen molar-refractivity contribution >= 4 is 17.9 Å². The maximum atomic E-state index is 11.5. The van der Waals surface area contributed by atoms with Crippen LogP contribution < -0.4 is 10.6 Å². The van der Waals surface area contributed by atoms with E-state index in [2.05, 4.69) is 10.6 Å². The summed E-state index contributed by atoms with van der Waals surface area (Å²) in [6.07, 6.45) is 0.132. The fourth-order valence-corrected chi connectivity index (χ4v) is 1.89. The van der Waals surface area contributed by atoms with Crippen molar-refractivity contribution in [1.29, 1.82) is 0 Å². The molecule has 0 aromatic carbocycles. The van der Waals surface area contributed by atoms with Crippen LogP contribution in [-0.4, -0.2) is 54.1 Å². The predicted molar refractivity (Wildman–Crippen MR) is 68.6 cm³/mol. The molecule has 0 spiro atoms. The fraction of sp³-hybridized carbons (Fsp3) is 0.750. The van der Waals surface area contributed by atoms with E-state index in [0.29, 0.717) is 25.6 Å². The van der Waals surface area contributed by atoms with Gasteiger partial charge in [-0.1, -0.05) is 13.8 Å². The number of carbonyl (C=O) groups is 3. The van der Waals surface area contributed by atoms with E-state index in [-0.39, 0.29) is 24.8 Å². The van der Waals surface area contributed by atoms with Crippen molar-refractivity contribution in [1.82, 2.24) is 15.5 Å². The number of nitrogens with one attached hydrogen (secondary N) is 2. The first-order valence-corrected chi connectivity index (χ1v) is 6.38. The van der Waals surface area contributed by atoms with Gasteiger partial charge in [0.2, 0.25) is 5.91 Å². The van der Waals surface area contributed by atoms with Gasteiger partial charge >= 0.3 is 12.0 Å². The molecule has 1 rings (SSSR count). The molecule has 7 heteroatoms. The summed E-state index contributed by atoms with van der Waals surface area (Å²) in [7, 11) is 0. The lowest BCUT2D eigenvalue weighted by Crippen LogP contribution is -2.53. The van der Waals surface area contributed by atoms with E-state index < -0.39 is 12.0 Å². The molecule has 1 aliphatic rings. The van der Waals surface area contributed by atoms with Gasteiger partial charge in [0.15, 0.2) is 0 Å². The minimum atomic E-state index is -0.817. The average molecular weight is 271 g/mol. The maximum absolute atomic E-state index is 11.5. The third kappa shape index (κ3) is 6.19. The highest BCUT2D eigenvalue weighted by molar-refractivity contribution is 5.95. The highest BCUT2D eigenvalue weighted by Gasteiger charge is 2.29. The van der Waals surface area contributed by atoms with Crippen LogP contribution in [0, 0.1) is 11.8 Å². The van der Waals surface area contributed by atoms with Gasteiger partial charge in [-0.25, -0.2) is 4.79 Å². The molecule has 0 unspecified atom stereocenters. The largest absolute Gasteiger partial charge is 0.481 e. The number of likely N-dealkylation sites (tertiary alicyclic amines) is 1. The second-order valence-corrected chi connectivity index (χ2v) is 5.31. The molecule has 0 aromatic heterocycles. The average Bonchev–Trinajstić information content (AvgIpc) is 2.22. The topological polar surface area (TPSA) is 98.7 Å². The molecule has 0 bridgehead atoms. The molecule has 0 aliphatic carbocycles. The summed E-state index contributed by atoms with van der Waals surface area (Å²) in [6, 6.07) is -0.485. The lowest BCUT2D eigenvalue weighted by atomic mass is 9.96. The second kappa shape index (κ2) is 7.08. The smallest absolute Gasteiger partial charge is 0.321 e. The fourth-order valence-electron chi connectivity index (χ4n) is 1.89. The lowest BCUT2D eigenvalue weighted by molar-refractivity contribution is -0.139. The number of rotatable bonds is 6. The lowest BCUT2D eigenvalue weighted by Gasteiger charge is -2.37. The number of hydrogen-bond acceptors (Lipinski definition) is 4. The van der Waals surface area contributed by atoms with Crippen molar-refractivity contribution in [3.05, 3.63) is 0 Å². The van der Waals surface area contributed by atoms with Crippen LogP contribution in [0.3, 0.4) is 0 Å². The van der Waals surface area contributed by atoms with Crippen LogP contribution in [0.4, 0.5) is 4.79 Å². The molecule has 3 N–H and O–H groups in total. The van der Waals surface area contributed by atoms with Gasteiger partial charge in [-0.15, -0.1) is 0 Å². The molecule has 1 fully saturated rings. The molecule has 1 saturated heterocycles. The van der Waals surface area contributed by atoms with E-state index in [0.717, 1.165) is 0 Å². The zero-order valence-electron chi connectivity index (χ0n) is 11.3. The Morgan fingerprint density at radius 3 is 2.47 bits per heavy atom. The molecule has 1 aliphatic heterocycles. The number of carbonyl (C=O) groups excluding carboxylic acids is 2. The minimum absolute atomic E-state index is 0.111. The number of carboxylic acid groups (broad SMARTS) is 1. The minimum Gasteiger partial charge on any atom is -0.481 e. The molecule has 3 amide bonds. The van der Waals surface area contributed by atoms with Crippen molar-refractivity contribution in [3.63, 3.8) is 0 Å². The molecule has 0 radical (unpaired) electrons. The predicted octanol–water partition coefficient (Wildman–Crippen LogP) is -0.125. The monoisotopic (exact) mass is 271 g/mol. The molecule has 0 aromatic rings. The summed E-state index contributed by atoms with van der Waals surface area (Å²) >= 11 is 0. The Morgan fingerprint density at radius 2 is 1.95 bits per heavy atom. The quantitative estimate of drug-likeness (QED) is 0.625. The Labute approximate surface area is 112 Å². The summed E-state index contributed by atoms with van der Waals surface area (Å²) in [5.41, 5.74) is 0. The zero-order valence-corrected chi connectivity index (χ0v) is 11.3. The number of nitrogens with zero attached hydrogens (tertiary/aromatic N) is 1. The molecule has 1 heterocycles. The first-order valence-electron chi connectivity index (χ1n) is 6.38. The van der Waals surface area contributed by atoms with Crippen LogP contribution in [0.25, 0.3) is 0 Å². The number of aliphatic carboxylic acids is 1. The standard InChI is InChI=1S/C12H21N3O4/c1-8(2)4-13-12(19)14-10(16)7-15-5-9(6-15)3-11(17)18/h8-9H,3-7H2,1-2H3,(H,17,18)(H2,13,14,16,19). The van der Waals surface area contributed by atoms with Crippen molar-refractivity contribution in [2.75, 3.05) is 26.2 Å². The molecule has 108 valence electrons. The van der Waals surface area contributed by atoms with Crippen LogP contribution >= 0.6 is 0 Å². The summed E-state index contributed by atoms with van der Waals surface area (Å²) in [5, 5.41) is 13.4. The molecule has 0 saturated carbocycles. The highest BCUT2D eigenvalue weighted by Crippen LogP contribution is 2.17. The van der Waals surface area contributed by atoms with E-state index in [1.807, 2.05) is 18.7 Å². The zero-order chi connectivity index (χ0) is 14.4. The molecule has 7 nitrogen and oxygen atoms in total. The van der Waals surface area contributed by atoms with Gasteiger partial charge in [-0.05, 0) is 11.8 Å². The van der Waals surface area contributed by atoms with Gasteiger partial charge in [0, 0.05) is 19.6 Å². The molecule has 0 atom stereocenters. The summed E-state index contributed by atoms with van der Waals surface area (Å²) in [4.78, 5) is 35.1. The molecular formula is C12H21N3O4. The van der Waals surface area contributed by atoms with Crippen molar-refractivity contribution in [3.8, 4) is 0 Å². The highest BCUT2D eigenvalue weighted by atomic mass is 16.4. The number of amides is 3. The third-order valence-electron chi connectivity index (χ3n) is 2.79. The molecular weight excluding hydrogens is 250 g/mol. The van der Waals surface area contributed by atoms with Crippen LogP contribution in [-0.2, 0) is 9.59 Å². The Bertz CT molecular complexity index is 351. The van der Waals surface area contributed by atoms with Gasteiger partial charge in [0.05, 0.1) is 13.0 Å². The Balaban J connectivity index is 2.12. The van der Waals surface area contributed by atoms with Gasteiger partial charge in [-0.3, -0.25) is 19.8 Å².